The van der Waals surface area contributed by atoms with Crippen LogP contribution < -0.4 is 44.7 Å². The standard InChI is InChI=1S/C16H16N2O6.Na/c1-23-11-7-10-13(15(20)18(10)14(11)16(21)22)17-12(19)8-24-9-5-3-2-4-6-9;/h2-6,10,13H,7-8H2,1H3,(H,17,19)(H,21,22);/q;+1/p-1. The summed E-state index contributed by atoms with van der Waals surface area (Å²) < 4.78 is 10.3. The summed E-state index contributed by atoms with van der Waals surface area (Å²) >= 11 is 0. The van der Waals surface area contributed by atoms with Crippen molar-refractivity contribution in [1.29, 1.82) is 0 Å². The summed E-state index contributed by atoms with van der Waals surface area (Å²) in [6.45, 7) is -0.238. The largest absolute Gasteiger partial charge is 1.00 e. The van der Waals surface area contributed by atoms with Crippen LogP contribution >= 0.6 is 0 Å². The molecule has 1 aromatic rings. The van der Waals surface area contributed by atoms with Crippen molar-refractivity contribution in [3.63, 3.8) is 0 Å². The van der Waals surface area contributed by atoms with Crippen molar-refractivity contribution in [3.8, 4) is 5.75 Å². The number of nitrogens with zero attached hydrogens (tertiary/aromatic N) is 1. The van der Waals surface area contributed by atoms with Gasteiger partial charge in [-0.3, -0.25) is 14.5 Å². The number of hydrogen-bond acceptors (Lipinski definition) is 6. The molecule has 0 saturated carbocycles. The van der Waals surface area contributed by atoms with E-state index in [-0.39, 0.29) is 54.0 Å². The van der Waals surface area contributed by atoms with Gasteiger partial charge in [0, 0.05) is 6.42 Å². The average Bonchev–Trinajstić information content (AvgIpc) is 2.94. The van der Waals surface area contributed by atoms with Crippen molar-refractivity contribution in [3.05, 3.63) is 41.8 Å². The molecule has 1 N–H and O–H groups in total. The predicted molar refractivity (Wildman–Crippen MR) is 78.2 cm³/mol. The Balaban J connectivity index is 0.00000225. The van der Waals surface area contributed by atoms with Crippen molar-refractivity contribution < 1.29 is 58.5 Å². The van der Waals surface area contributed by atoms with Crippen LogP contribution in [0.15, 0.2) is 41.8 Å². The van der Waals surface area contributed by atoms with Crippen LogP contribution in [0.25, 0.3) is 0 Å². The maximum atomic E-state index is 12.1. The minimum Gasteiger partial charge on any atom is -0.543 e. The quantitative estimate of drug-likeness (QED) is 0.410. The molecule has 0 bridgehead atoms. The number of nitrogens with one attached hydrogen (secondary N) is 1. The molecule has 0 spiro atoms. The molecule has 9 heteroatoms. The molecule has 2 aliphatic heterocycles. The van der Waals surface area contributed by atoms with Gasteiger partial charge in [0.1, 0.15) is 23.2 Å². The van der Waals surface area contributed by atoms with Gasteiger partial charge >= 0.3 is 29.6 Å². The number of amides is 2. The van der Waals surface area contributed by atoms with E-state index in [2.05, 4.69) is 5.32 Å². The zero-order chi connectivity index (χ0) is 17.3. The van der Waals surface area contributed by atoms with Gasteiger partial charge in [-0.1, -0.05) is 18.2 Å². The molecule has 25 heavy (non-hydrogen) atoms. The molecule has 1 saturated heterocycles. The van der Waals surface area contributed by atoms with Gasteiger partial charge in [-0.05, 0) is 12.1 Å². The van der Waals surface area contributed by atoms with E-state index in [0.29, 0.717) is 5.75 Å². The molecule has 126 valence electrons. The van der Waals surface area contributed by atoms with Crippen LogP contribution in [0.4, 0.5) is 0 Å². The first-order valence-electron chi connectivity index (χ1n) is 7.31. The van der Waals surface area contributed by atoms with E-state index < -0.39 is 29.9 Å². The first kappa shape index (κ1) is 19.3. The summed E-state index contributed by atoms with van der Waals surface area (Å²) in [6.07, 6.45) is 0.218. The van der Waals surface area contributed by atoms with Gasteiger partial charge in [0.05, 0.1) is 19.1 Å². The molecule has 0 radical (unpaired) electrons. The van der Waals surface area contributed by atoms with E-state index in [1.165, 1.54) is 7.11 Å². The Morgan fingerprint density at radius 3 is 2.60 bits per heavy atom. The molecule has 8 nitrogen and oxygen atoms in total. The van der Waals surface area contributed by atoms with E-state index in [1.807, 2.05) is 6.07 Å². The Morgan fingerprint density at radius 2 is 2.00 bits per heavy atom. The molecule has 2 unspecified atom stereocenters. The molecule has 2 heterocycles. The van der Waals surface area contributed by atoms with Gasteiger partial charge in [-0.25, -0.2) is 0 Å². The van der Waals surface area contributed by atoms with E-state index in [1.54, 1.807) is 24.3 Å². The summed E-state index contributed by atoms with van der Waals surface area (Å²) in [5.74, 6) is -1.72. The average molecular weight is 354 g/mol. The molecule has 0 aliphatic carbocycles. The van der Waals surface area contributed by atoms with Crippen LogP contribution in [0.1, 0.15) is 6.42 Å². The van der Waals surface area contributed by atoms with Gasteiger partial charge in [-0.2, -0.15) is 0 Å². The van der Waals surface area contributed by atoms with Crippen molar-refractivity contribution >= 4 is 17.8 Å². The number of carboxylic acids is 1. The fraction of sp³-hybridized carbons (Fsp3) is 0.312. The van der Waals surface area contributed by atoms with Crippen LogP contribution in [-0.4, -0.2) is 48.5 Å². The minimum absolute atomic E-state index is 0. The molecule has 0 aromatic heterocycles. The van der Waals surface area contributed by atoms with Crippen molar-refractivity contribution in [2.75, 3.05) is 13.7 Å². The second-order valence-electron chi connectivity index (χ2n) is 5.39. The molecular formula is C16H15N2NaO6. The Hall–Kier alpha value is -2.03. The summed E-state index contributed by atoms with van der Waals surface area (Å²) in [7, 11) is 1.33. The number of para-hydroxylation sites is 1. The molecule has 2 aliphatic rings. The van der Waals surface area contributed by atoms with Gasteiger partial charge < -0.3 is 24.7 Å². The number of ether oxygens (including phenoxy) is 2. The number of benzene rings is 1. The summed E-state index contributed by atoms with van der Waals surface area (Å²) in [4.78, 5) is 36.3. The van der Waals surface area contributed by atoms with Crippen LogP contribution in [0.2, 0.25) is 0 Å². The molecular weight excluding hydrogens is 339 g/mol. The molecule has 2 atom stereocenters. The normalized spacial score (nSPS) is 21.0. The Bertz CT molecular complexity index is 721. The van der Waals surface area contributed by atoms with Crippen molar-refractivity contribution in [2.24, 2.45) is 0 Å². The molecule has 3 rings (SSSR count). The van der Waals surface area contributed by atoms with Crippen molar-refractivity contribution in [1.82, 2.24) is 10.2 Å². The number of aliphatic carboxylic acids is 1. The summed E-state index contributed by atoms with van der Waals surface area (Å²) in [5, 5.41) is 13.7. The van der Waals surface area contributed by atoms with Crippen LogP contribution in [0, 0.1) is 0 Å². The fourth-order valence-electron chi connectivity index (χ4n) is 2.88. The SMILES string of the molecule is COC1=C(C(=O)[O-])N2C(=O)C(NC(=O)COc3ccccc3)C2C1.[Na+]. The van der Waals surface area contributed by atoms with E-state index in [4.69, 9.17) is 9.47 Å². The molecule has 1 fully saturated rings. The third-order valence-corrected chi connectivity index (χ3v) is 3.99. The van der Waals surface area contributed by atoms with E-state index >= 15 is 0 Å². The number of carboxylic acid groups (broad SMARTS) is 1. The number of carbonyl (C=O) groups excluding carboxylic acids is 3. The predicted octanol–water partition coefficient (Wildman–Crippen LogP) is -4.22. The third kappa shape index (κ3) is 3.65. The summed E-state index contributed by atoms with van der Waals surface area (Å²) in [6, 6.07) is 7.53. The van der Waals surface area contributed by atoms with Crippen molar-refractivity contribution in [2.45, 2.75) is 18.5 Å². The number of carbonyl (C=O) groups is 3. The Kier molecular flexibility index (Phi) is 6.10. The number of β-lactam (4-membered cyclic amide) rings is 1. The maximum absolute atomic E-state index is 12.1. The Morgan fingerprint density at radius 1 is 1.32 bits per heavy atom. The van der Waals surface area contributed by atoms with E-state index in [0.717, 1.165) is 4.90 Å². The van der Waals surface area contributed by atoms with Gasteiger partial charge in [0.15, 0.2) is 6.61 Å². The van der Waals surface area contributed by atoms with Gasteiger partial charge in [0.25, 0.3) is 11.8 Å². The number of rotatable bonds is 6. The second kappa shape index (κ2) is 7.90. The monoisotopic (exact) mass is 354 g/mol. The summed E-state index contributed by atoms with van der Waals surface area (Å²) in [5.41, 5.74) is -0.265. The van der Waals surface area contributed by atoms with E-state index in [9.17, 15) is 19.5 Å². The zero-order valence-corrected chi connectivity index (χ0v) is 15.9. The number of fused-ring (bicyclic) bond motifs is 1. The van der Waals surface area contributed by atoms with Crippen LogP contribution in [0.3, 0.4) is 0 Å². The molecule has 1 aromatic carbocycles. The fourth-order valence-corrected chi connectivity index (χ4v) is 2.88. The first-order valence-corrected chi connectivity index (χ1v) is 7.31. The van der Waals surface area contributed by atoms with Gasteiger partial charge in [-0.15, -0.1) is 0 Å². The molecule has 2 amide bonds. The second-order valence-corrected chi connectivity index (χ2v) is 5.39. The minimum atomic E-state index is -1.47. The zero-order valence-electron chi connectivity index (χ0n) is 13.9. The Labute approximate surface area is 166 Å². The van der Waals surface area contributed by atoms with Crippen LogP contribution in [-0.2, 0) is 19.1 Å². The smallest absolute Gasteiger partial charge is 0.543 e. The van der Waals surface area contributed by atoms with Gasteiger partial charge in [0.2, 0.25) is 0 Å². The van der Waals surface area contributed by atoms with Crippen LogP contribution in [0.5, 0.6) is 5.75 Å². The number of methoxy groups -OCH3 is 1. The third-order valence-electron chi connectivity index (χ3n) is 3.99. The first-order chi connectivity index (χ1) is 11.5. The topological polar surface area (TPSA) is 108 Å². The number of hydrogen-bond donors (Lipinski definition) is 1. The maximum Gasteiger partial charge on any atom is 1.00 e.